The van der Waals surface area contributed by atoms with Gasteiger partial charge in [-0.25, -0.2) is 28.3 Å². The molecule has 7 unspecified atom stereocenters. The number of fused-ring (bicyclic) bond motifs is 12. The van der Waals surface area contributed by atoms with Crippen LogP contribution in [-0.4, -0.2) is 266 Å². The molecule has 7 atom stereocenters. The summed E-state index contributed by atoms with van der Waals surface area (Å²) in [4.78, 5) is 90.0. The number of piperazine rings is 1. The van der Waals surface area contributed by atoms with E-state index in [1.54, 1.807) is 57.4 Å². The second-order valence-corrected chi connectivity index (χ2v) is 37.4. The van der Waals surface area contributed by atoms with E-state index < -0.39 is 31.1 Å². The molecule has 13 aromatic rings. The van der Waals surface area contributed by atoms with Gasteiger partial charge >= 0.3 is 24.4 Å². The van der Waals surface area contributed by atoms with Crippen molar-refractivity contribution in [2.24, 2.45) is 5.92 Å². The Morgan fingerprint density at radius 2 is 0.835 bits per heavy atom. The number of hydrogen-bond donors (Lipinski definition) is 6. The summed E-state index contributed by atoms with van der Waals surface area (Å²) in [5.41, 5.74) is 16.1. The number of ether oxygens (including phenoxy) is 8. The molecular formula is C103H113Cl6FN14O15. The molecule has 29 nitrogen and oxygen atoms in total. The molecule has 6 aliphatic rings. The van der Waals surface area contributed by atoms with Crippen LogP contribution in [0.1, 0.15) is 131 Å². The van der Waals surface area contributed by atoms with Crippen molar-refractivity contribution in [2.45, 2.75) is 109 Å². The van der Waals surface area contributed by atoms with Gasteiger partial charge in [-0.05, 0) is 238 Å². The lowest BCUT2D eigenvalue weighted by molar-refractivity contribution is -0.130. The SMILES string of the molecule is CCOC(=O)N1CCc2c([nH]c3ccc(Cl)cc23)C1c1ccc(OCC(O)CN2CCN(C(C)=O)CC2)cc1.CCOC(=O)N1CCc2c([nH]c3ccc(Cl)cc23)C1c1ccc(OCC(O)Cn2ccnn2)cc1.CN1CCCC(COc2ccc(C3c4[nH]c5ccc(Cl)cc5c4CCN3C(=O)OCCF)cc2)C1.O=C(OCCl)N1CCc2c([nH]c3ccc(Cl)cc23)C1c1ccc(OCCCCl)cc1. The smallest absolute Gasteiger partial charge is 0.411 e. The summed E-state index contributed by atoms with van der Waals surface area (Å²) in [6, 6.07) is 52.4. The minimum atomic E-state index is -0.727. The first-order chi connectivity index (χ1) is 67.5. The molecule has 5 amide bonds. The van der Waals surface area contributed by atoms with Crippen molar-refractivity contribution < 1.29 is 76.5 Å². The van der Waals surface area contributed by atoms with Crippen molar-refractivity contribution in [3.05, 3.63) is 270 Å². The van der Waals surface area contributed by atoms with E-state index in [1.165, 1.54) is 12.8 Å². The maximum atomic E-state index is 12.9. The Labute approximate surface area is 834 Å². The quantitative estimate of drug-likeness (QED) is 0.0167. The maximum Gasteiger partial charge on any atom is 0.411 e. The van der Waals surface area contributed by atoms with Crippen molar-refractivity contribution in [1.29, 1.82) is 0 Å². The third kappa shape index (κ3) is 24.2. The van der Waals surface area contributed by atoms with Gasteiger partial charge in [0.05, 0.1) is 39.2 Å². The lowest BCUT2D eigenvalue weighted by atomic mass is 9.92. The van der Waals surface area contributed by atoms with Crippen LogP contribution >= 0.6 is 69.6 Å². The Morgan fingerprint density at radius 1 is 0.460 bits per heavy atom. The number of H-pyrrole nitrogens is 4. The maximum absolute atomic E-state index is 12.9. The Kier molecular flexibility index (Phi) is 34.0. The zero-order valence-corrected chi connectivity index (χ0v) is 82.2. The number of β-amino-alcohol motifs (C(OH)–C–C–N with tert-alkyl or cyclic N) is 1. The largest absolute Gasteiger partial charge is 0.494 e. The van der Waals surface area contributed by atoms with Crippen LogP contribution in [0.3, 0.4) is 0 Å². The number of aliphatic hydroxyl groups is 2. The van der Waals surface area contributed by atoms with Crippen LogP contribution < -0.4 is 18.9 Å². The van der Waals surface area contributed by atoms with Gasteiger partial charge in [0, 0.05) is 177 Å². The highest BCUT2D eigenvalue weighted by Crippen LogP contribution is 2.46. The molecule has 0 bridgehead atoms. The van der Waals surface area contributed by atoms with Crippen molar-refractivity contribution >= 4 is 143 Å². The normalized spacial score (nSPS) is 17.9. The number of rotatable bonds is 26. The molecule has 0 radical (unpaired) electrons. The summed E-state index contributed by atoms with van der Waals surface area (Å²) in [5.74, 6) is 4.02. The highest BCUT2D eigenvalue weighted by atomic mass is 35.5. The van der Waals surface area contributed by atoms with E-state index in [4.69, 9.17) is 108 Å². The number of nitrogens with zero attached hydrogens (tertiary/aromatic N) is 10. The summed E-state index contributed by atoms with van der Waals surface area (Å²) in [6.45, 7) is 14.3. The standard InChI is InChI=1S/C29H35ClN4O5.C27H31ClFN3O3.C25H26ClN5O4.C22H21Cl3N2O3/c1-3-38-29(37)34-11-10-24-25-16-21(30)6-9-26(25)31-27(24)28(34)20-4-7-23(8-5-20)39-18-22(36)17-32-12-14-33(15-13-32)19(2)35;1-31-12-2-3-18(16-31)17-35-21-7-4-19(5-8-21)26-25-22(10-13-32(26)27(33)34-14-11-29)23-15-20(28)6-9-24(23)30-25;1-2-34-25(33)31-11-9-20-21-13-17(26)5-8-22(21)28-23(20)24(31)16-3-6-19(7-4-16)35-15-18(32)14-30-12-10-27-29-30;23-9-1-11-29-16-5-2-14(3-6-16)21-20-17(8-10-27(21)22(28)30-13-24)18-12-15(25)4-7-19(18)26-20/h4-9,16,22,28,31,36H,3,10-15,17-18H2,1-2H3;4-9,15,18,26,30H,2-3,10-14,16-17H2,1H3;3-8,10,12-13,18,24,28,32H,2,9,11,14-15H2,1H3;2-7,12,21,26H,1,8-11,13H2. The molecule has 2 saturated heterocycles. The van der Waals surface area contributed by atoms with Crippen LogP contribution in [0.4, 0.5) is 23.6 Å². The van der Waals surface area contributed by atoms with Crippen LogP contribution in [0.25, 0.3) is 43.6 Å². The Hall–Kier alpha value is -11.7. The van der Waals surface area contributed by atoms with Crippen molar-refractivity contribution in [2.75, 3.05) is 144 Å². The zero-order chi connectivity index (χ0) is 97.3. The molecule has 11 heterocycles. The van der Waals surface area contributed by atoms with E-state index >= 15 is 0 Å². The van der Waals surface area contributed by atoms with E-state index in [0.717, 1.165) is 155 Å². The second-order valence-electron chi connectivity index (χ2n) is 35.0. The van der Waals surface area contributed by atoms with Crippen molar-refractivity contribution in [3.8, 4) is 23.0 Å². The first-order valence-electron chi connectivity index (χ1n) is 46.9. The lowest BCUT2D eigenvalue weighted by Gasteiger charge is -2.35. The van der Waals surface area contributed by atoms with Gasteiger partial charge in [0.2, 0.25) is 5.91 Å². The monoisotopic (exact) mass is 2010 g/mol. The average Bonchev–Trinajstić information content (AvgIpc) is 1.62. The predicted octanol–water partition coefficient (Wildman–Crippen LogP) is 19.5. The summed E-state index contributed by atoms with van der Waals surface area (Å²) in [5, 5.41) is 35.3. The highest BCUT2D eigenvalue weighted by molar-refractivity contribution is 6.32. The van der Waals surface area contributed by atoms with E-state index in [1.807, 2.05) is 175 Å². The van der Waals surface area contributed by atoms with Crippen LogP contribution in [0.15, 0.2) is 182 Å². The fourth-order valence-corrected chi connectivity index (χ4v) is 20.3. The van der Waals surface area contributed by atoms with Gasteiger partial charge in [0.1, 0.15) is 85.9 Å². The number of amides is 5. The first kappa shape index (κ1) is 100. The number of carbonyl (C=O) groups excluding carboxylic acids is 5. The van der Waals surface area contributed by atoms with Crippen LogP contribution in [0.2, 0.25) is 20.1 Å². The number of alkyl halides is 3. The molecule has 6 aliphatic heterocycles. The fourth-order valence-electron chi connectivity index (χ4n) is 19.4. The Morgan fingerprint density at radius 3 is 1.19 bits per heavy atom. The van der Waals surface area contributed by atoms with Crippen molar-refractivity contribution in [3.63, 3.8) is 0 Å². The summed E-state index contributed by atoms with van der Waals surface area (Å²) >= 11 is 36.4. The lowest BCUT2D eigenvalue weighted by Crippen LogP contribution is -2.50. The third-order valence-electron chi connectivity index (χ3n) is 25.9. The summed E-state index contributed by atoms with van der Waals surface area (Å²) in [6.07, 6.45) is 6.15. The predicted molar refractivity (Wildman–Crippen MR) is 535 cm³/mol. The molecular weight excluding hydrogens is 1900 g/mol. The van der Waals surface area contributed by atoms with Gasteiger partial charge in [0.15, 0.2) is 6.07 Å². The molecule has 6 N–H and O–H groups in total. The molecule has 0 spiro atoms. The first-order valence-corrected chi connectivity index (χ1v) is 49.5. The van der Waals surface area contributed by atoms with Gasteiger partial charge in [-0.3, -0.25) is 29.3 Å². The molecule has 19 rings (SSSR count). The Bertz CT molecular complexity index is 6370. The number of benzene rings is 8. The van der Waals surface area contributed by atoms with Gasteiger partial charge in [0.25, 0.3) is 0 Å². The molecule has 139 heavy (non-hydrogen) atoms. The third-order valence-corrected chi connectivity index (χ3v) is 27.2. The number of hydrogen-bond acceptors (Lipinski definition) is 19. The van der Waals surface area contributed by atoms with E-state index in [-0.39, 0.29) is 68.1 Å². The topological polar surface area (TPSA) is 316 Å². The molecule has 0 saturated carbocycles. The zero-order valence-electron chi connectivity index (χ0n) is 77.7. The number of piperidine rings is 1. The van der Waals surface area contributed by atoms with Gasteiger partial charge in [-0.2, -0.15) is 0 Å². The number of halogens is 7. The Balaban J connectivity index is 0.000000134. The number of likely N-dealkylation sites (tertiary alicyclic amines) is 1. The van der Waals surface area contributed by atoms with Gasteiger partial charge < -0.3 is 77.8 Å². The number of carbonyl (C=O) groups is 5. The minimum absolute atomic E-state index is 0.0887. The van der Waals surface area contributed by atoms with Crippen LogP contribution in [-0.2, 0) is 56.0 Å². The molecule has 36 heteroatoms. The van der Waals surface area contributed by atoms with Crippen molar-refractivity contribution in [1.82, 2.24) is 69.2 Å². The average molecular weight is 2020 g/mol. The molecule has 0 aliphatic carbocycles. The van der Waals surface area contributed by atoms with E-state index in [2.05, 4.69) is 47.1 Å². The molecule has 5 aromatic heterocycles. The highest BCUT2D eigenvalue weighted by Gasteiger charge is 2.41. The van der Waals surface area contributed by atoms with Crippen LogP contribution in [0.5, 0.6) is 23.0 Å². The van der Waals surface area contributed by atoms with Gasteiger partial charge in [-0.1, -0.05) is 112 Å². The minimum Gasteiger partial charge on any atom is -0.494 e. The van der Waals surface area contributed by atoms with Gasteiger partial charge in [-0.15, -0.1) is 16.7 Å². The molecule has 734 valence electrons. The summed E-state index contributed by atoms with van der Waals surface area (Å²) < 4.78 is 58.7. The van der Waals surface area contributed by atoms with Crippen LogP contribution in [0, 0.1) is 5.92 Å². The number of nitrogens with one attached hydrogen (secondary N) is 4. The van der Waals surface area contributed by atoms with E-state index in [0.29, 0.717) is 148 Å². The summed E-state index contributed by atoms with van der Waals surface area (Å²) in [7, 11) is 2.15. The number of aromatic nitrogens is 7. The van der Waals surface area contributed by atoms with E-state index in [9.17, 15) is 38.6 Å². The molecule has 2 fully saturated rings. The molecule has 8 aromatic carbocycles. The second kappa shape index (κ2) is 47.1. The number of aromatic amines is 4. The number of aliphatic hydroxyl groups excluding tert-OH is 2. The fraction of sp³-hybridized carbons (Fsp3) is 0.388.